The van der Waals surface area contributed by atoms with Crippen LogP contribution in [0.5, 0.6) is 5.75 Å². The predicted molar refractivity (Wildman–Crippen MR) is 112 cm³/mol. The Morgan fingerprint density at radius 2 is 2.15 bits per heavy atom. The summed E-state index contributed by atoms with van der Waals surface area (Å²) in [5.41, 5.74) is 2.63. The largest absolute Gasteiger partial charge is 0.508 e. The van der Waals surface area contributed by atoms with Crippen molar-refractivity contribution >= 4 is 16.8 Å². The maximum Gasteiger partial charge on any atom is 0.148 e. The molecule has 1 heterocycles. The molecule has 1 N–H and O–H groups in total. The van der Waals surface area contributed by atoms with Gasteiger partial charge >= 0.3 is 0 Å². The minimum Gasteiger partial charge on any atom is -0.508 e. The number of aliphatic imine (C=N–C) groups is 1. The quantitative estimate of drug-likeness (QED) is 0.369. The van der Waals surface area contributed by atoms with Gasteiger partial charge in [-0.3, -0.25) is 0 Å². The van der Waals surface area contributed by atoms with Crippen LogP contribution in [0.1, 0.15) is 24.0 Å². The van der Waals surface area contributed by atoms with Crippen LogP contribution in [0.25, 0.3) is 0 Å². The van der Waals surface area contributed by atoms with E-state index in [2.05, 4.69) is 35.2 Å². The zero-order valence-electron chi connectivity index (χ0n) is 15.5. The van der Waals surface area contributed by atoms with Crippen LogP contribution in [-0.4, -0.2) is 34.4 Å². The average Bonchev–Trinajstić information content (AvgIpc) is 2.59. The maximum atomic E-state index is 9.82. The molecule has 26 heavy (non-hydrogen) atoms. The first kappa shape index (κ1) is 19.8. The van der Waals surface area contributed by atoms with Gasteiger partial charge in [-0.15, -0.1) is 24.6 Å². The number of hydrogen-bond acceptors (Lipinski definition) is 4. The van der Waals surface area contributed by atoms with E-state index in [4.69, 9.17) is 12.8 Å². The monoisotopic (exact) mass is 364 g/mol. The summed E-state index contributed by atoms with van der Waals surface area (Å²) in [7, 11) is 0. The van der Waals surface area contributed by atoms with Gasteiger partial charge in [0.05, 0.1) is 5.92 Å². The molecular weight excluding hydrogens is 340 g/mol. The van der Waals surface area contributed by atoms with Crippen LogP contribution >= 0.6 is 11.8 Å². The SMILES string of the molecule is C#C/C(=N\C(=C/C(=C)C(C#C)c1cc(O)ccc1C)N1CC(C)C1)SC. The number of aryl methyl sites for hydroxylation is 1. The second-order valence-corrected chi connectivity index (χ2v) is 7.29. The van der Waals surface area contributed by atoms with Crippen molar-refractivity contribution in [1.82, 2.24) is 4.90 Å². The summed E-state index contributed by atoms with van der Waals surface area (Å²) in [6.45, 7) is 10.2. The Labute approximate surface area is 160 Å². The molecule has 1 fully saturated rings. The maximum absolute atomic E-state index is 9.82. The van der Waals surface area contributed by atoms with Crippen molar-refractivity contribution in [3.8, 4) is 30.4 Å². The third-order valence-electron chi connectivity index (χ3n) is 4.35. The fourth-order valence-electron chi connectivity index (χ4n) is 2.91. The topological polar surface area (TPSA) is 35.8 Å². The summed E-state index contributed by atoms with van der Waals surface area (Å²) in [6.07, 6.45) is 15.1. The number of phenols is 1. The molecular formula is C22H24N2OS. The number of thioether (sulfide) groups is 1. The lowest BCUT2D eigenvalue weighted by Gasteiger charge is -2.39. The Bertz CT molecular complexity index is 833. The van der Waals surface area contributed by atoms with Crippen LogP contribution in [0, 0.1) is 37.5 Å². The Balaban J connectivity index is 2.39. The van der Waals surface area contributed by atoms with E-state index < -0.39 is 0 Å². The minimum absolute atomic E-state index is 0.189. The molecule has 0 saturated carbocycles. The highest BCUT2D eigenvalue weighted by molar-refractivity contribution is 8.13. The van der Waals surface area contributed by atoms with Gasteiger partial charge in [-0.1, -0.05) is 25.5 Å². The molecule has 134 valence electrons. The van der Waals surface area contributed by atoms with E-state index in [0.29, 0.717) is 11.0 Å². The van der Waals surface area contributed by atoms with E-state index in [1.54, 1.807) is 12.1 Å². The molecule has 4 heteroatoms. The van der Waals surface area contributed by atoms with Crippen molar-refractivity contribution in [1.29, 1.82) is 0 Å². The summed E-state index contributed by atoms with van der Waals surface area (Å²) in [4.78, 5) is 6.78. The van der Waals surface area contributed by atoms with Crippen LogP contribution in [0.3, 0.4) is 0 Å². The smallest absolute Gasteiger partial charge is 0.148 e. The molecule has 3 nitrogen and oxygen atoms in total. The van der Waals surface area contributed by atoms with Crippen molar-refractivity contribution in [2.45, 2.75) is 19.8 Å². The molecule has 1 aromatic carbocycles. The molecule has 0 aliphatic carbocycles. The Hall–Kier alpha value is -2.56. The zero-order valence-corrected chi connectivity index (χ0v) is 16.3. The molecule has 1 unspecified atom stereocenters. The standard InChI is InChI=1S/C22H24N2OS/c1-7-19(20-12-18(25)10-9-16(20)4)17(5)11-21(23-22(8-2)26-6)24-13-15(3)14-24/h1-2,9-12,15,19,25H,5,13-14H2,3-4,6H3/b21-11+,23-22+. The molecule has 0 amide bonds. The van der Waals surface area contributed by atoms with Gasteiger partial charge in [-0.05, 0) is 59.9 Å². The lowest BCUT2D eigenvalue weighted by Crippen LogP contribution is -2.44. The highest BCUT2D eigenvalue weighted by Gasteiger charge is 2.25. The van der Waals surface area contributed by atoms with Gasteiger partial charge in [0.2, 0.25) is 0 Å². The molecule has 0 radical (unpaired) electrons. The lowest BCUT2D eigenvalue weighted by atomic mass is 9.89. The van der Waals surface area contributed by atoms with Crippen molar-refractivity contribution in [2.75, 3.05) is 19.3 Å². The second-order valence-electron chi connectivity index (χ2n) is 6.49. The summed E-state index contributed by atoms with van der Waals surface area (Å²) >= 11 is 1.44. The molecule has 1 atom stereocenters. The molecule has 0 bridgehead atoms. The lowest BCUT2D eigenvalue weighted by molar-refractivity contribution is 0.156. The first-order chi connectivity index (χ1) is 12.4. The Kier molecular flexibility index (Phi) is 6.61. The van der Waals surface area contributed by atoms with Crippen molar-refractivity contribution in [2.24, 2.45) is 10.9 Å². The molecule has 1 saturated heterocycles. The highest BCUT2D eigenvalue weighted by atomic mass is 32.2. The van der Waals surface area contributed by atoms with Gasteiger partial charge in [0, 0.05) is 13.1 Å². The van der Waals surface area contributed by atoms with Gasteiger partial charge in [-0.2, -0.15) is 0 Å². The van der Waals surface area contributed by atoms with E-state index in [-0.39, 0.29) is 11.7 Å². The predicted octanol–water partition coefficient (Wildman–Crippen LogP) is 4.16. The van der Waals surface area contributed by atoms with E-state index in [1.807, 2.05) is 25.3 Å². The van der Waals surface area contributed by atoms with E-state index in [9.17, 15) is 5.11 Å². The van der Waals surface area contributed by atoms with Gasteiger partial charge in [0.15, 0.2) is 0 Å². The highest BCUT2D eigenvalue weighted by Crippen LogP contribution is 2.31. The average molecular weight is 365 g/mol. The van der Waals surface area contributed by atoms with E-state index >= 15 is 0 Å². The van der Waals surface area contributed by atoms with Gasteiger partial charge in [-0.25, -0.2) is 4.99 Å². The summed E-state index contributed by atoms with van der Waals surface area (Å²) < 4.78 is 0. The number of rotatable bonds is 5. The second kappa shape index (κ2) is 8.70. The number of likely N-dealkylation sites (tertiary alicyclic amines) is 1. The van der Waals surface area contributed by atoms with Crippen LogP contribution in [0.15, 0.2) is 47.2 Å². The number of aromatic hydroxyl groups is 1. The fourth-order valence-corrected chi connectivity index (χ4v) is 3.21. The van der Waals surface area contributed by atoms with Crippen molar-refractivity contribution < 1.29 is 5.11 Å². The van der Waals surface area contributed by atoms with Crippen LogP contribution < -0.4 is 0 Å². The van der Waals surface area contributed by atoms with Crippen molar-refractivity contribution in [3.63, 3.8) is 0 Å². The van der Waals surface area contributed by atoms with Crippen LogP contribution in [0.4, 0.5) is 0 Å². The number of benzene rings is 1. The number of terminal acetylenes is 2. The molecule has 1 aliphatic heterocycles. The van der Waals surface area contributed by atoms with Gasteiger partial charge in [0.25, 0.3) is 0 Å². The number of allylic oxidation sites excluding steroid dienone is 2. The van der Waals surface area contributed by atoms with E-state index in [0.717, 1.165) is 35.6 Å². The summed E-state index contributed by atoms with van der Waals surface area (Å²) in [5.74, 6) is 6.66. The van der Waals surface area contributed by atoms with E-state index in [1.165, 1.54) is 11.8 Å². The number of hydrogen-bond donors (Lipinski definition) is 1. The van der Waals surface area contributed by atoms with Crippen LogP contribution in [-0.2, 0) is 0 Å². The molecule has 0 aromatic heterocycles. The Morgan fingerprint density at radius 3 is 2.69 bits per heavy atom. The number of phenolic OH excluding ortho intramolecular Hbond substituents is 1. The van der Waals surface area contributed by atoms with Crippen molar-refractivity contribution in [3.05, 3.63) is 53.4 Å². The first-order valence-electron chi connectivity index (χ1n) is 8.40. The van der Waals surface area contributed by atoms with Gasteiger partial charge < -0.3 is 10.0 Å². The molecule has 1 aliphatic rings. The van der Waals surface area contributed by atoms with Gasteiger partial charge in [0.1, 0.15) is 16.6 Å². The number of nitrogens with zero attached hydrogens (tertiary/aromatic N) is 2. The molecule has 0 spiro atoms. The Morgan fingerprint density at radius 1 is 1.46 bits per heavy atom. The molecule has 1 aromatic rings. The van der Waals surface area contributed by atoms with Crippen LogP contribution in [0.2, 0.25) is 0 Å². The fraction of sp³-hybridized carbons (Fsp3) is 0.318. The summed E-state index contributed by atoms with van der Waals surface area (Å²) in [5, 5.41) is 10.4. The molecule has 2 rings (SSSR count). The minimum atomic E-state index is -0.338. The zero-order chi connectivity index (χ0) is 19.3. The third-order valence-corrected chi connectivity index (χ3v) is 4.94. The normalized spacial score (nSPS) is 16.4. The third kappa shape index (κ3) is 4.54. The summed E-state index contributed by atoms with van der Waals surface area (Å²) in [6, 6.07) is 5.20. The first-order valence-corrected chi connectivity index (χ1v) is 9.62.